The molecule has 1 heterocycles. The first-order chi connectivity index (χ1) is 11.8. The lowest BCUT2D eigenvalue weighted by molar-refractivity contribution is 0.0151. The molecule has 1 aromatic carbocycles. The third-order valence-corrected chi connectivity index (χ3v) is 4.09. The molecule has 0 bridgehead atoms. The van der Waals surface area contributed by atoms with Gasteiger partial charge in [0.1, 0.15) is 11.4 Å². The molecule has 1 unspecified atom stereocenters. The minimum absolute atomic E-state index is 0.000398. The highest BCUT2D eigenvalue weighted by Gasteiger charge is 2.37. The third kappa shape index (κ3) is 5.78. The molecule has 0 aromatic heterocycles. The van der Waals surface area contributed by atoms with Gasteiger partial charge in [0.15, 0.2) is 0 Å². The second-order valence-electron chi connectivity index (χ2n) is 7.33. The van der Waals surface area contributed by atoms with E-state index in [1.807, 2.05) is 51.1 Å². The molecule has 0 saturated carbocycles. The second-order valence-corrected chi connectivity index (χ2v) is 7.33. The fraction of sp³-hybridized carbons (Fsp3) is 0.550. The van der Waals surface area contributed by atoms with E-state index >= 15 is 0 Å². The Morgan fingerprint density at radius 2 is 2.00 bits per heavy atom. The van der Waals surface area contributed by atoms with Crippen molar-refractivity contribution in [3.8, 4) is 5.75 Å². The average Bonchev–Trinajstić information content (AvgIpc) is 2.95. The number of benzene rings is 1. The Morgan fingerprint density at radius 3 is 2.56 bits per heavy atom. The van der Waals surface area contributed by atoms with E-state index in [1.54, 1.807) is 12.0 Å². The van der Waals surface area contributed by atoms with Crippen LogP contribution in [0.5, 0.6) is 5.75 Å². The van der Waals surface area contributed by atoms with E-state index in [2.05, 4.69) is 6.58 Å². The number of methoxy groups -OCH3 is 1. The summed E-state index contributed by atoms with van der Waals surface area (Å²) in [5.74, 6) is 0.826. The maximum Gasteiger partial charge on any atom is 0.410 e. The summed E-state index contributed by atoms with van der Waals surface area (Å²) < 4.78 is 16.7. The second kappa shape index (κ2) is 8.39. The maximum atomic E-state index is 12.4. The van der Waals surface area contributed by atoms with Crippen molar-refractivity contribution in [2.75, 3.05) is 13.7 Å². The molecule has 2 atom stereocenters. The summed E-state index contributed by atoms with van der Waals surface area (Å²) >= 11 is 0. The maximum absolute atomic E-state index is 12.4. The quantitative estimate of drug-likeness (QED) is 0.725. The van der Waals surface area contributed by atoms with Gasteiger partial charge in [0, 0.05) is 6.04 Å². The minimum atomic E-state index is -0.502. The molecule has 25 heavy (non-hydrogen) atoms. The van der Waals surface area contributed by atoms with E-state index in [9.17, 15) is 4.79 Å². The number of carbonyl (C=O) groups is 1. The Morgan fingerprint density at radius 1 is 1.32 bits per heavy atom. The van der Waals surface area contributed by atoms with Gasteiger partial charge in [0.05, 0.1) is 26.4 Å². The molecule has 1 aliphatic heterocycles. The van der Waals surface area contributed by atoms with Crippen molar-refractivity contribution >= 4 is 6.09 Å². The van der Waals surface area contributed by atoms with Crippen LogP contribution in [-0.2, 0) is 16.1 Å². The van der Waals surface area contributed by atoms with Gasteiger partial charge < -0.3 is 19.1 Å². The monoisotopic (exact) mass is 347 g/mol. The van der Waals surface area contributed by atoms with Crippen molar-refractivity contribution < 1.29 is 19.0 Å². The van der Waals surface area contributed by atoms with Crippen molar-refractivity contribution in [3.63, 3.8) is 0 Å². The van der Waals surface area contributed by atoms with E-state index in [1.165, 1.54) is 0 Å². The van der Waals surface area contributed by atoms with Gasteiger partial charge in [-0.1, -0.05) is 18.2 Å². The topological polar surface area (TPSA) is 48.0 Å². The number of rotatable bonds is 6. The van der Waals surface area contributed by atoms with Crippen molar-refractivity contribution in [2.45, 2.75) is 58.0 Å². The van der Waals surface area contributed by atoms with Crippen LogP contribution in [0.4, 0.5) is 4.79 Å². The Kier molecular flexibility index (Phi) is 6.48. The summed E-state index contributed by atoms with van der Waals surface area (Å²) in [4.78, 5) is 14.2. The number of ether oxygens (including phenoxy) is 3. The van der Waals surface area contributed by atoms with Crippen molar-refractivity contribution in [1.82, 2.24) is 4.90 Å². The summed E-state index contributed by atoms with van der Waals surface area (Å²) in [5, 5.41) is 0. The zero-order valence-corrected chi connectivity index (χ0v) is 15.7. The van der Waals surface area contributed by atoms with E-state index in [4.69, 9.17) is 14.2 Å². The van der Waals surface area contributed by atoms with Gasteiger partial charge in [-0.2, -0.15) is 0 Å². The molecule has 0 N–H and O–H groups in total. The van der Waals surface area contributed by atoms with Gasteiger partial charge >= 0.3 is 6.09 Å². The third-order valence-electron chi connectivity index (χ3n) is 4.09. The van der Waals surface area contributed by atoms with E-state index in [0.717, 1.165) is 24.2 Å². The van der Waals surface area contributed by atoms with E-state index in [0.29, 0.717) is 13.2 Å². The normalized spacial score (nSPS) is 20.4. The van der Waals surface area contributed by atoms with Crippen LogP contribution in [0.15, 0.2) is 36.9 Å². The number of hydrogen-bond acceptors (Lipinski definition) is 4. The Balaban J connectivity index is 1.93. The van der Waals surface area contributed by atoms with Crippen LogP contribution < -0.4 is 4.74 Å². The van der Waals surface area contributed by atoms with Gasteiger partial charge in [-0.3, -0.25) is 0 Å². The molecule has 0 radical (unpaired) electrons. The highest BCUT2D eigenvalue weighted by molar-refractivity contribution is 5.69. The molecule has 138 valence electrons. The van der Waals surface area contributed by atoms with Gasteiger partial charge in [0.2, 0.25) is 0 Å². The summed E-state index contributed by atoms with van der Waals surface area (Å²) in [5.41, 5.74) is 0.578. The molecular weight excluding hydrogens is 318 g/mol. The Labute approximate surface area is 150 Å². The molecule has 1 saturated heterocycles. The molecule has 2 rings (SSSR count). The first-order valence-electron chi connectivity index (χ1n) is 8.67. The van der Waals surface area contributed by atoms with Gasteiger partial charge in [-0.25, -0.2) is 4.79 Å². The van der Waals surface area contributed by atoms with Crippen molar-refractivity contribution in [2.24, 2.45) is 0 Å². The highest BCUT2D eigenvalue weighted by atomic mass is 16.6. The van der Waals surface area contributed by atoms with Gasteiger partial charge in [-0.05, 0) is 51.3 Å². The van der Waals surface area contributed by atoms with Gasteiger partial charge in [0.25, 0.3) is 0 Å². The molecule has 1 amide bonds. The first-order valence-corrected chi connectivity index (χ1v) is 8.67. The summed E-state index contributed by atoms with van der Waals surface area (Å²) in [6, 6.07) is 7.89. The largest absolute Gasteiger partial charge is 0.497 e. The van der Waals surface area contributed by atoms with Crippen LogP contribution in [-0.4, -0.2) is 42.4 Å². The van der Waals surface area contributed by atoms with Crippen LogP contribution in [0.3, 0.4) is 0 Å². The first kappa shape index (κ1) is 19.3. The molecule has 0 spiro atoms. The van der Waals surface area contributed by atoms with Crippen LogP contribution in [0, 0.1) is 0 Å². The molecule has 0 aliphatic carbocycles. The fourth-order valence-corrected chi connectivity index (χ4v) is 2.89. The highest BCUT2D eigenvalue weighted by Crippen LogP contribution is 2.26. The minimum Gasteiger partial charge on any atom is -0.497 e. The number of carbonyl (C=O) groups excluding carboxylic acids is 1. The zero-order chi connectivity index (χ0) is 18.4. The zero-order valence-electron chi connectivity index (χ0n) is 15.7. The van der Waals surface area contributed by atoms with Crippen molar-refractivity contribution in [3.05, 3.63) is 42.5 Å². The number of likely N-dealkylation sites (tertiary alicyclic amines) is 1. The summed E-state index contributed by atoms with van der Waals surface area (Å²) in [6.07, 6.45) is 3.09. The fourth-order valence-electron chi connectivity index (χ4n) is 2.89. The number of hydrogen-bond donors (Lipinski definition) is 0. The SMILES string of the molecule is C=CCC1C[C@@H](OCc2ccc(OC)cc2)CN1C(=O)OC(C)(C)C. The Bertz CT molecular complexity index is 576. The molecule has 5 heteroatoms. The number of amides is 1. The van der Waals surface area contributed by atoms with Crippen LogP contribution in [0.1, 0.15) is 39.2 Å². The van der Waals surface area contributed by atoms with Crippen molar-refractivity contribution in [1.29, 1.82) is 0 Å². The Hall–Kier alpha value is -2.01. The van der Waals surface area contributed by atoms with E-state index < -0.39 is 5.60 Å². The lowest BCUT2D eigenvalue weighted by atomic mass is 10.1. The molecule has 1 aromatic rings. The van der Waals surface area contributed by atoms with Crippen LogP contribution >= 0.6 is 0 Å². The molecule has 1 fully saturated rings. The van der Waals surface area contributed by atoms with Gasteiger partial charge in [-0.15, -0.1) is 6.58 Å². The summed E-state index contributed by atoms with van der Waals surface area (Å²) in [6.45, 7) is 10.5. The smallest absolute Gasteiger partial charge is 0.410 e. The molecular formula is C20H29NO4. The van der Waals surface area contributed by atoms with E-state index in [-0.39, 0.29) is 18.2 Å². The lowest BCUT2D eigenvalue weighted by Gasteiger charge is -2.28. The van der Waals surface area contributed by atoms with Crippen LogP contribution in [0.2, 0.25) is 0 Å². The average molecular weight is 347 g/mol. The number of nitrogens with zero attached hydrogens (tertiary/aromatic N) is 1. The predicted molar refractivity (Wildman–Crippen MR) is 97.7 cm³/mol. The lowest BCUT2D eigenvalue weighted by Crippen LogP contribution is -2.40. The standard InChI is InChI=1S/C20H29NO4/c1-6-7-16-12-18(13-21(16)19(22)25-20(2,3)4)24-14-15-8-10-17(23-5)11-9-15/h6,8-11,16,18H,1,7,12-14H2,2-5H3/t16?,18-/m1/s1. The summed E-state index contributed by atoms with van der Waals surface area (Å²) in [7, 11) is 1.65. The molecule has 5 nitrogen and oxygen atoms in total. The predicted octanol–water partition coefficient (Wildman–Crippen LogP) is 4.17. The molecule has 1 aliphatic rings. The van der Waals surface area contributed by atoms with Crippen LogP contribution in [0.25, 0.3) is 0 Å².